The van der Waals surface area contributed by atoms with Crippen molar-refractivity contribution in [1.29, 1.82) is 0 Å². The summed E-state index contributed by atoms with van der Waals surface area (Å²) in [6, 6.07) is 3.59. The number of methoxy groups -OCH3 is 1. The Bertz CT molecular complexity index is 427. The van der Waals surface area contributed by atoms with E-state index in [-0.39, 0.29) is 5.91 Å². The number of carbonyl (C=O) groups is 1. The number of piperidine rings is 1. The number of rotatable bonds is 5. The van der Waals surface area contributed by atoms with Crippen LogP contribution in [0.25, 0.3) is 0 Å². The number of carbonyl (C=O) groups excluding carboxylic acids is 1. The van der Waals surface area contributed by atoms with Gasteiger partial charge in [0.15, 0.2) is 11.5 Å². The van der Waals surface area contributed by atoms with Crippen molar-refractivity contribution in [2.75, 3.05) is 38.3 Å². The minimum atomic E-state index is -0.214. The number of nitrogens with one attached hydrogen (secondary N) is 1. The van der Waals surface area contributed by atoms with Crippen molar-refractivity contribution >= 4 is 11.7 Å². The highest BCUT2D eigenvalue weighted by molar-refractivity contribution is 5.92. The number of hydrogen-bond donors (Lipinski definition) is 1. The summed E-state index contributed by atoms with van der Waals surface area (Å²) in [5.41, 5.74) is 0.343. The van der Waals surface area contributed by atoms with Crippen LogP contribution in [-0.2, 0) is 4.74 Å². The number of aromatic nitrogens is 2. The van der Waals surface area contributed by atoms with Crippen LogP contribution in [0.5, 0.6) is 0 Å². The highest BCUT2D eigenvalue weighted by Gasteiger charge is 2.17. The van der Waals surface area contributed by atoms with E-state index in [1.54, 1.807) is 13.2 Å². The molecule has 0 aliphatic carbocycles. The maximum atomic E-state index is 11.8. The molecule has 1 aliphatic heterocycles. The van der Waals surface area contributed by atoms with Gasteiger partial charge in [-0.2, -0.15) is 0 Å². The van der Waals surface area contributed by atoms with E-state index in [1.165, 1.54) is 12.8 Å². The number of anilines is 1. The fourth-order valence-electron chi connectivity index (χ4n) is 2.21. The Morgan fingerprint density at radius 1 is 1.40 bits per heavy atom. The van der Waals surface area contributed by atoms with Gasteiger partial charge in [0, 0.05) is 26.7 Å². The van der Waals surface area contributed by atoms with Gasteiger partial charge in [0.25, 0.3) is 5.91 Å². The summed E-state index contributed by atoms with van der Waals surface area (Å²) in [5.74, 6) is 1.42. The molecule has 110 valence electrons. The summed E-state index contributed by atoms with van der Waals surface area (Å²) < 4.78 is 4.88. The Hall–Kier alpha value is -1.69. The van der Waals surface area contributed by atoms with Crippen molar-refractivity contribution in [2.45, 2.75) is 19.8 Å². The Kier molecular flexibility index (Phi) is 5.29. The van der Waals surface area contributed by atoms with Gasteiger partial charge in [-0.1, -0.05) is 6.92 Å². The molecule has 6 heteroatoms. The Labute approximate surface area is 119 Å². The SMILES string of the molecule is COCCNC(=O)c1ccc(N2CCC(C)CC2)nn1. The first-order chi connectivity index (χ1) is 9.70. The van der Waals surface area contributed by atoms with Gasteiger partial charge in [-0.25, -0.2) is 0 Å². The lowest BCUT2D eigenvalue weighted by molar-refractivity contribution is 0.0931. The standard InChI is InChI=1S/C14H22N4O2/c1-11-5-8-18(9-6-11)13-4-3-12(16-17-13)14(19)15-7-10-20-2/h3-4,11H,5-10H2,1-2H3,(H,15,19). The maximum absolute atomic E-state index is 11.8. The molecule has 1 fully saturated rings. The zero-order chi connectivity index (χ0) is 14.4. The Morgan fingerprint density at radius 3 is 2.75 bits per heavy atom. The van der Waals surface area contributed by atoms with E-state index in [0.29, 0.717) is 18.8 Å². The fraction of sp³-hybridized carbons (Fsp3) is 0.643. The molecule has 1 amide bonds. The largest absolute Gasteiger partial charge is 0.383 e. The van der Waals surface area contributed by atoms with Crippen molar-refractivity contribution in [3.63, 3.8) is 0 Å². The van der Waals surface area contributed by atoms with E-state index in [9.17, 15) is 4.79 Å². The number of ether oxygens (including phenoxy) is 1. The van der Waals surface area contributed by atoms with Crippen LogP contribution in [0.2, 0.25) is 0 Å². The summed E-state index contributed by atoms with van der Waals surface area (Å²) in [7, 11) is 1.60. The monoisotopic (exact) mass is 278 g/mol. The molecule has 1 aliphatic rings. The molecule has 0 saturated carbocycles. The molecule has 0 bridgehead atoms. The van der Waals surface area contributed by atoms with Crippen molar-refractivity contribution in [3.8, 4) is 0 Å². The predicted molar refractivity (Wildman–Crippen MR) is 76.9 cm³/mol. The normalized spacial score (nSPS) is 16.2. The molecular formula is C14H22N4O2. The summed E-state index contributed by atoms with van der Waals surface area (Å²) in [6.45, 7) is 5.26. The van der Waals surface area contributed by atoms with Gasteiger partial charge < -0.3 is 15.0 Å². The molecule has 2 rings (SSSR count). The van der Waals surface area contributed by atoms with Crippen LogP contribution in [0, 0.1) is 5.92 Å². The molecule has 0 spiro atoms. The topological polar surface area (TPSA) is 67.3 Å². The maximum Gasteiger partial charge on any atom is 0.271 e. The van der Waals surface area contributed by atoms with Crippen LogP contribution >= 0.6 is 0 Å². The second-order valence-electron chi connectivity index (χ2n) is 5.20. The van der Waals surface area contributed by atoms with E-state index in [2.05, 4.69) is 27.3 Å². The van der Waals surface area contributed by atoms with Gasteiger partial charge in [0.1, 0.15) is 0 Å². The van der Waals surface area contributed by atoms with Crippen LogP contribution in [0.1, 0.15) is 30.3 Å². The zero-order valence-corrected chi connectivity index (χ0v) is 12.1. The summed E-state index contributed by atoms with van der Waals surface area (Å²) >= 11 is 0. The van der Waals surface area contributed by atoms with Crippen molar-refractivity contribution < 1.29 is 9.53 Å². The van der Waals surface area contributed by atoms with Crippen LogP contribution in [0.3, 0.4) is 0 Å². The van der Waals surface area contributed by atoms with E-state index >= 15 is 0 Å². The van der Waals surface area contributed by atoms with Crippen molar-refractivity contribution in [3.05, 3.63) is 17.8 Å². The molecule has 2 heterocycles. The molecule has 20 heavy (non-hydrogen) atoms. The predicted octanol–water partition coefficient (Wildman–Crippen LogP) is 1.09. The summed E-state index contributed by atoms with van der Waals surface area (Å²) in [6.07, 6.45) is 2.36. The molecule has 0 radical (unpaired) electrons. The van der Waals surface area contributed by atoms with Crippen molar-refractivity contribution in [2.24, 2.45) is 5.92 Å². The van der Waals surface area contributed by atoms with Crippen LogP contribution in [-0.4, -0.2) is 49.5 Å². The van der Waals surface area contributed by atoms with Gasteiger partial charge in [-0.3, -0.25) is 4.79 Å². The Balaban J connectivity index is 1.90. The molecule has 1 aromatic heterocycles. The lowest BCUT2D eigenvalue weighted by Gasteiger charge is -2.30. The minimum Gasteiger partial charge on any atom is -0.383 e. The summed E-state index contributed by atoms with van der Waals surface area (Å²) in [4.78, 5) is 14.0. The van der Waals surface area contributed by atoms with Gasteiger partial charge in [0.05, 0.1) is 6.61 Å². The van der Waals surface area contributed by atoms with Gasteiger partial charge in [0.2, 0.25) is 0 Å². The third kappa shape index (κ3) is 3.90. The molecule has 1 saturated heterocycles. The first-order valence-corrected chi connectivity index (χ1v) is 7.06. The van der Waals surface area contributed by atoms with Crippen LogP contribution in [0.4, 0.5) is 5.82 Å². The highest BCUT2D eigenvalue weighted by Crippen LogP contribution is 2.20. The first-order valence-electron chi connectivity index (χ1n) is 7.06. The van der Waals surface area contributed by atoms with E-state index in [4.69, 9.17) is 4.74 Å². The molecule has 1 N–H and O–H groups in total. The quantitative estimate of drug-likeness (QED) is 0.817. The molecule has 0 atom stereocenters. The average molecular weight is 278 g/mol. The molecule has 0 unspecified atom stereocenters. The minimum absolute atomic E-state index is 0.214. The number of hydrogen-bond acceptors (Lipinski definition) is 5. The van der Waals surface area contributed by atoms with Crippen LogP contribution in [0.15, 0.2) is 12.1 Å². The van der Waals surface area contributed by atoms with E-state index in [0.717, 1.165) is 24.8 Å². The summed E-state index contributed by atoms with van der Waals surface area (Å²) in [5, 5.41) is 10.9. The first kappa shape index (κ1) is 14.7. The smallest absolute Gasteiger partial charge is 0.271 e. The second-order valence-corrected chi connectivity index (χ2v) is 5.20. The Morgan fingerprint density at radius 2 is 2.15 bits per heavy atom. The van der Waals surface area contributed by atoms with Crippen LogP contribution < -0.4 is 10.2 Å². The molecule has 6 nitrogen and oxygen atoms in total. The third-order valence-corrected chi connectivity index (χ3v) is 3.58. The molecule has 1 aromatic rings. The van der Waals surface area contributed by atoms with Gasteiger partial charge in [-0.15, -0.1) is 10.2 Å². The van der Waals surface area contributed by atoms with E-state index in [1.807, 2.05) is 6.07 Å². The number of amides is 1. The molecular weight excluding hydrogens is 256 g/mol. The van der Waals surface area contributed by atoms with Crippen molar-refractivity contribution in [1.82, 2.24) is 15.5 Å². The second kappa shape index (κ2) is 7.19. The number of nitrogens with zero attached hydrogens (tertiary/aromatic N) is 3. The lowest BCUT2D eigenvalue weighted by Crippen LogP contribution is -2.34. The lowest BCUT2D eigenvalue weighted by atomic mass is 9.99. The third-order valence-electron chi connectivity index (χ3n) is 3.58. The molecule has 0 aromatic carbocycles. The van der Waals surface area contributed by atoms with E-state index < -0.39 is 0 Å². The fourth-order valence-corrected chi connectivity index (χ4v) is 2.21. The van der Waals surface area contributed by atoms with Gasteiger partial charge >= 0.3 is 0 Å². The average Bonchev–Trinajstić information content (AvgIpc) is 2.48. The van der Waals surface area contributed by atoms with Gasteiger partial charge in [-0.05, 0) is 30.9 Å². The highest BCUT2D eigenvalue weighted by atomic mass is 16.5. The zero-order valence-electron chi connectivity index (χ0n) is 12.1.